The Balaban J connectivity index is 1.54. The second kappa shape index (κ2) is 11.6. The van der Waals surface area contributed by atoms with Crippen molar-refractivity contribution in [3.05, 3.63) is 88.5 Å². The first-order valence-electron chi connectivity index (χ1n) is 10.8. The van der Waals surface area contributed by atoms with Gasteiger partial charge in [-0.05, 0) is 66.1 Å². The van der Waals surface area contributed by atoms with Crippen LogP contribution >= 0.6 is 0 Å². The number of carbonyl (C=O) groups is 2. The van der Waals surface area contributed by atoms with E-state index in [0.29, 0.717) is 23.5 Å². The van der Waals surface area contributed by atoms with Crippen LogP contribution in [0.2, 0.25) is 0 Å². The highest BCUT2D eigenvalue weighted by Gasteiger charge is 2.11. The number of benzene rings is 3. The van der Waals surface area contributed by atoms with Crippen molar-refractivity contribution in [3.63, 3.8) is 0 Å². The molecule has 0 amide bonds. The van der Waals surface area contributed by atoms with Crippen LogP contribution in [0.1, 0.15) is 49.4 Å². The number of nitro benzene ring substituents is 1. The van der Waals surface area contributed by atoms with Gasteiger partial charge in [0.1, 0.15) is 11.5 Å². The fourth-order valence-corrected chi connectivity index (χ4v) is 3.19. The van der Waals surface area contributed by atoms with Crippen LogP contribution in [-0.4, -0.2) is 16.9 Å². The average Bonchev–Trinajstić information content (AvgIpc) is 2.83. The molecule has 0 saturated heterocycles. The number of hydrogen-bond acceptors (Lipinski definition) is 6. The summed E-state index contributed by atoms with van der Waals surface area (Å²) in [4.78, 5) is 34.6. The number of rotatable bonds is 10. The smallest absolute Gasteiger partial charge is 0.343 e. The molecule has 7 heteroatoms. The Morgan fingerprint density at radius 2 is 1.30 bits per heavy atom. The molecule has 0 fully saturated rings. The normalized spacial score (nSPS) is 10.5. The maximum absolute atomic E-state index is 12.4. The van der Waals surface area contributed by atoms with Crippen molar-refractivity contribution in [2.24, 2.45) is 0 Å². The van der Waals surface area contributed by atoms with Crippen LogP contribution in [0.5, 0.6) is 11.5 Å². The summed E-state index contributed by atoms with van der Waals surface area (Å²) in [6, 6.07) is 19.3. The van der Waals surface area contributed by atoms with Gasteiger partial charge in [0.2, 0.25) is 0 Å². The van der Waals surface area contributed by atoms with Gasteiger partial charge < -0.3 is 9.47 Å². The summed E-state index contributed by atoms with van der Waals surface area (Å²) in [5.41, 5.74) is 2.01. The quantitative estimate of drug-likeness (QED) is 0.118. The third-order valence-electron chi connectivity index (χ3n) is 5.03. The van der Waals surface area contributed by atoms with Crippen molar-refractivity contribution in [3.8, 4) is 22.6 Å². The Bertz CT molecular complexity index is 1090. The highest BCUT2D eigenvalue weighted by molar-refractivity contribution is 5.91. The van der Waals surface area contributed by atoms with Crippen molar-refractivity contribution in [2.75, 3.05) is 0 Å². The maximum Gasteiger partial charge on any atom is 0.343 e. The molecule has 0 aromatic heterocycles. The summed E-state index contributed by atoms with van der Waals surface area (Å²) in [5, 5.41) is 10.8. The first kappa shape index (κ1) is 23.7. The lowest BCUT2D eigenvalue weighted by atomic mass is 10.1. The molecule has 7 nitrogen and oxygen atoms in total. The van der Waals surface area contributed by atoms with Crippen molar-refractivity contribution in [1.82, 2.24) is 0 Å². The van der Waals surface area contributed by atoms with Crippen molar-refractivity contribution >= 4 is 17.6 Å². The lowest BCUT2D eigenvalue weighted by molar-refractivity contribution is -0.384. The molecule has 0 N–H and O–H groups in total. The highest BCUT2D eigenvalue weighted by Crippen LogP contribution is 2.25. The lowest BCUT2D eigenvalue weighted by Crippen LogP contribution is -2.10. The molecule has 0 spiro atoms. The van der Waals surface area contributed by atoms with E-state index in [-0.39, 0.29) is 11.7 Å². The highest BCUT2D eigenvalue weighted by atomic mass is 16.6. The van der Waals surface area contributed by atoms with Crippen LogP contribution in [0.25, 0.3) is 11.1 Å². The van der Waals surface area contributed by atoms with Gasteiger partial charge in [0.05, 0.1) is 10.5 Å². The Morgan fingerprint density at radius 1 is 0.758 bits per heavy atom. The third kappa shape index (κ3) is 7.00. The van der Waals surface area contributed by atoms with E-state index >= 15 is 0 Å². The minimum absolute atomic E-state index is 0.0251. The van der Waals surface area contributed by atoms with Crippen LogP contribution in [0.15, 0.2) is 72.8 Å². The molecule has 0 aliphatic rings. The average molecular weight is 447 g/mol. The fraction of sp³-hybridized carbons (Fsp3) is 0.231. The monoisotopic (exact) mass is 447 g/mol. The van der Waals surface area contributed by atoms with Crippen molar-refractivity contribution in [1.29, 1.82) is 0 Å². The topological polar surface area (TPSA) is 95.7 Å². The van der Waals surface area contributed by atoms with E-state index in [9.17, 15) is 19.7 Å². The van der Waals surface area contributed by atoms with E-state index < -0.39 is 10.9 Å². The van der Waals surface area contributed by atoms with Gasteiger partial charge in [-0.15, -0.1) is 0 Å². The number of non-ortho nitro benzene ring substituents is 1. The van der Waals surface area contributed by atoms with E-state index in [1.54, 1.807) is 60.7 Å². The summed E-state index contributed by atoms with van der Waals surface area (Å²) >= 11 is 0. The number of nitrogens with zero attached hydrogens (tertiary/aromatic N) is 1. The van der Waals surface area contributed by atoms with Crippen LogP contribution < -0.4 is 9.47 Å². The molecule has 0 radical (unpaired) electrons. The van der Waals surface area contributed by atoms with Gasteiger partial charge in [-0.25, -0.2) is 4.79 Å². The molecule has 0 unspecified atom stereocenters. The Morgan fingerprint density at radius 3 is 1.88 bits per heavy atom. The van der Waals surface area contributed by atoms with Gasteiger partial charge in [-0.3, -0.25) is 14.9 Å². The number of hydrogen-bond donors (Lipinski definition) is 0. The number of nitro groups is 1. The van der Waals surface area contributed by atoms with Gasteiger partial charge in [0.25, 0.3) is 5.69 Å². The number of unbranched alkanes of at least 4 members (excludes halogenated alkanes) is 3. The molecule has 0 saturated carbocycles. The Kier molecular flexibility index (Phi) is 8.30. The maximum atomic E-state index is 12.4. The minimum atomic E-state index is -0.532. The summed E-state index contributed by atoms with van der Waals surface area (Å²) in [6.45, 7) is 2.11. The summed E-state index contributed by atoms with van der Waals surface area (Å²) in [6.07, 6.45) is 4.39. The van der Waals surface area contributed by atoms with Gasteiger partial charge >= 0.3 is 11.9 Å². The second-order valence-corrected chi connectivity index (χ2v) is 7.53. The van der Waals surface area contributed by atoms with E-state index in [1.165, 1.54) is 12.1 Å². The van der Waals surface area contributed by atoms with E-state index in [0.717, 1.165) is 36.8 Å². The van der Waals surface area contributed by atoms with Crippen LogP contribution in [0.3, 0.4) is 0 Å². The van der Waals surface area contributed by atoms with Crippen LogP contribution in [0, 0.1) is 10.1 Å². The van der Waals surface area contributed by atoms with Gasteiger partial charge in [-0.1, -0.05) is 38.3 Å². The van der Waals surface area contributed by atoms with Gasteiger partial charge in [-0.2, -0.15) is 0 Å². The zero-order valence-corrected chi connectivity index (χ0v) is 18.4. The third-order valence-corrected chi connectivity index (χ3v) is 5.03. The van der Waals surface area contributed by atoms with Crippen LogP contribution in [-0.2, 0) is 4.79 Å². The largest absolute Gasteiger partial charge is 0.427 e. The molecular weight excluding hydrogens is 422 g/mol. The summed E-state index contributed by atoms with van der Waals surface area (Å²) in [5.74, 6) is -0.0576. The molecule has 3 aromatic carbocycles. The predicted molar refractivity (Wildman–Crippen MR) is 124 cm³/mol. The second-order valence-electron chi connectivity index (χ2n) is 7.53. The first-order valence-corrected chi connectivity index (χ1v) is 10.8. The molecule has 0 heterocycles. The number of carbonyl (C=O) groups excluding carboxylic acids is 2. The number of ether oxygens (including phenoxy) is 2. The molecule has 0 aliphatic heterocycles. The molecular formula is C26H25NO6. The zero-order chi connectivity index (χ0) is 23.6. The fourth-order valence-electron chi connectivity index (χ4n) is 3.19. The van der Waals surface area contributed by atoms with Crippen LogP contribution in [0.4, 0.5) is 5.69 Å². The van der Waals surface area contributed by atoms with E-state index in [4.69, 9.17) is 9.47 Å². The standard InChI is InChI=1S/C26H25NO6/c1-2-3-4-5-6-25(28)32-23-17-11-21(12-18-23)26(29)33-24-15-9-20(10-16-24)19-7-13-22(14-8-19)27(30)31/h7-18H,2-6H2,1H3. The van der Waals surface area contributed by atoms with E-state index in [1.807, 2.05) is 0 Å². The molecule has 3 rings (SSSR count). The summed E-state index contributed by atoms with van der Waals surface area (Å²) < 4.78 is 10.7. The predicted octanol–water partition coefficient (Wildman–Crippen LogP) is 6.36. The van der Waals surface area contributed by atoms with Crippen molar-refractivity contribution < 1.29 is 24.0 Å². The van der Waals surface area contributed by atoms with E-state index in [2.05, 4.69) is 6.92 Å². The van der Waals surface area contributed by atoms with Gasteiger partial charge in [0, 0.05) is 18.6 Å². The number of esters is 2. The molecule has 3 aromatic rings. The van der Waals surface area contributed by atoms with Crippen molar-refractivity contribution in [2.45, 2.75) is 39.0 Å². The molecule has 0 bridgehead atoms. The SMILES string of the molecule is CCCCCCC(=O)Oc1ccc(C(=O)Oc2ccc(-c3ccc([N+](=O)[O-])cc3)cc2)cc1. The summed E-state index contributed by atoms with van der Waals surface area (Å²) in [7, 11) is 0. The molecule has 0 aliphatic carbocycles. The molecule has 33 heavy (non-hydrogen) atoms. The molecule has 0 atom stereocenters. The first-order chi connectivity index (χ1) is 16.0. The minimum Gasteiger partial charge on any atom is -0.427 e. The molecule has 170 valence electrons. The zero-order valence-electron chi connectivity index (χ0n) is 18.4. The Labute approximate surface area is 192 Å². The Hall–Kier alpha value is -4.00. The lowest BCUT2D eigenvalue weighted by Gasteiger charge is -2.07. The van der Waals surface area contributed by atoms with Gasteiger partial charge in [0.15, 0.2) is 0 Å².